The number of aliphatic carboxylic acids is 5. The van der Waals surface area contributed by atoms with Gasteiger partial charge in [-0.25, -0.2) is 0 Å². The van der Waals surface area contributed by atoms with E-state index in [2.05, 4.69) is 31.9 Å². The maximum atomic E-state index is 14.0. The van der Waals surface area contributed by atoms with Gasteiger partial charge in [0.2, 0.25) is 41.4 Å². The van der Waals surface area contributed by atoms with Crippen molar-refractivity contribution in [1.82, 2.24) is 36.8 Å². The lowest BCUT2D eigenvalue weighted by molar-refractivity contribution is -0.142. The Labute approximate surface area is 520 Å². The normalized spacial score (nSPS) is 15.5. The molecular weight excluding hydrogens is 1190 g/mol. The van der Waals surface area contributed by atoms with Gasteiger partial charge in [0, 0.05) is 121 Å². The number of carbonyl (C=O) groups is 17. The molecule has 1 aliphatic heterocycles. The molecule has 30 nitrogen and oxygen atoms in total. The molecule has 0 radical (unpaired) electrons. The van der Waals surface area contributed by atoms with Crippen LogP contribution in [0.1, 0.15) is 163 Å². The van der Waals surface area contributed by atoms with Crippen molar-refractivity contribution in [2.75, 3.05) is 38.3 Å². The first kappa shape index (κ1) is 79.3. The second-order valence-corrected chi connectivity index (χ2v) is 23.2. The number of nitrogens with zero attached hydrogens (tertiary/aromatic N) is 1. The summed E-state index contributed by atoms with van der Waals surface area (Å²) in [6.45, 7) is 7.84. The summed E-state index contributed by atoms with van der Waals surface area (Å²) in [5.74, 6) is -19.0. The van der Waals surface area contributed by atoms with Crippen LogP contribution >= 0.6 is 11.8 Å². The number of nitrogens with one attached hydrogen (secondary N) is 6. The summed E-state index contributed by atoms with van der Waals surface area (Å²) in [7, 11) is 0. The number of hydrogen-bond acceptors (Lipinski definition) is 19. The average molecular weight is 1280 g/mol. The fourth-order valence-electron chi connectivity index (χ4n) is 9.64. The zero-order valence-electron chi connectivity index (χ0n) is 51.4. The molecule has 7 amide bonds. The molecule has 1 fully saturated rings. The average Bonchev–Trinajstić information content (AvgIpc) is 3.17. The number of amides is 7. The minimum atomic E-state index is -1.74. The number of Topliss-reactive ketones (excluding diaryl/α,β-unsaturated/α-hetero) is 5. The summed E-state index contributed by atoms with van der Waals surface area (Å²) in [5, 5.41) is 62.0. The van der Waals surface area contributed by atoms with Gasteiger partial charge in [-0.1, -0.05) is 20.8 Å². The molecule has 0 spiro atoms. The number of carbonyl (C=O) groups excluding carboxylic acids is 12. The van der Waals surface area contributed by atoms with Crippen molar-refractivity contribution in [2.24, 2.45) is 23.7 Å². The fourth-order valence-corrected chi connectivity index (χ4v) is 10.2. The minimum absolute atomic E-state index is 0.0803. The van der Waals surface area contributed by atoms with Crippen molar-refractivity contribution < 1.29 is 112 Å². The minimum Gasteiger partial charge on any atom is -0.481 e. The molecule has 0 aliphatic carbocycles. The lowest BCUT2D eigenvalue weighted by Gasteiger charge is -2.27. The Morgan fingerprint density at radius 1 is 0.528 bits per heavy atom. The smallest absolute Gasteiger partial charge is 0.303 e. The second-order valence-electron chi connectivity index (χ2n) is 22.3. The van der Waals surface area contributed by atoms with Crippen molar-refractivity contribution in [2.45, 2.75) is 199 Å². The number of rotatable bonds is 49. The van der Waals surface area contributed by atoms with E-state index in [0.29, 0.717) is 13.0 Å². The van der Waals surface area contributed by atoms with E-state index in [-0.39, 0.29) is 81.5 Å². The van der Waals surface area contributed by atoms with E-state index in [1.165, 1.54) is 16.7 Å². The van der Waals surface area contributed by atoms with Gasteiger partial charge in [0.1, 0.15) is 12.6 Å². The highest BCUT2D eigenvalue weighted by atomic mass is 32.2. The zero-order chi connectivity index (χ0) is 67.5. The first-order valence-electron chi connectivity index (χ1n) is 29.6. The van der Waals surface area contributed by atoms with Crippen LogP contribution in [-0.4, -0.2) is 205 Å². The van der Waals surface area contributed by atoms with Crippen molar-refractivity contribution in [3.63, 3.8) is 0 Å². The van der Waals surface area contributed by atoms with Crippen LogP contribution in [0.3, 0.4) is 0 Å². The standard InChI is InChI=1S/C58H89N7O23S/c1-7-59-55(84)33(4)27-45(69)41(31-89-6)61-48(72)18-17-44(68)40(26-32(2)3)64-58(87)42-10-8-24-65(42)49(73)30-88-25-9-11-43(67)37(14-21-52(78)79)62-56(85)36(13-20-51(76)77)29-47(71)39(16-23-54(82)83)63-57(86)35(12-19-50(74)75)28-46(70)38(60-34(5)66)15-22-53(80)81/h32-33,35-42H,7-31H2,1-6H3,(H,59,84)(H,60,66)(H,61,72)(H,62,85)(H,63,86)(H,64,87)(H,74,75)(H,76,77)(H,78,79)(H,80,81)(H,82,83)/t33-,35+,36+,37-,38-,39-,40+,41+,42+/m1/s1. The molecule has 1 saturated heterocycles. The second kappa shape index (κ2) is 42.3. The van der Waals surface area contributed by atoms with Gasteiger partial charge < -0.3 is 67.1 Å². The fraction of sp³-hybridized carbons (Fsp3) is 0.707. The van der Waals surface area contributed by atoms with Crippen molar-refractivity contribution >= 4 is 112 Å². The maximum absolute atomic E-state index is 14.0. The lowest BCUT2D eigenvalue weighted by atomic mass is 9.89. The number of carboxylic acid groups (broad SMARTS) is 5. The van der Waals surface area contributed by atoms with Crippen LogP contribution in [0.4, 0.5) is 0 Å². The molecule has 1 aliphatic rings. The molecule has 11 N–H and O–H groups in total. The van der Waals surface area contributed by atoms with Crippen molar-refractivity contribution in [1.29, 1.82) is 0 Å². The highest BCUT2D eigenvalue weighted by Crippen LogP contribution is 2.22. The third-order valence-corrected chi connectivity index (χ3v) is 15.0. The molecule has 0 aromatic heterocycles. The van der Waals surface area contributed by atoms with Gasteiger partial charge in [-0.15, -0.1) is 0 Å². The number of hydrogen-bond donors (Lipinski definition) is 11. The van der Waals surface area contributed by atoms with E-state index in [1.807, 2.05) is 13.8 Å². The van der Waals surface area contributed by atoms with Gasteiger partial charge in [-0.05, 0) is 76.9 Å². The summed E-state index contributed by atoms with van der Waals surface area (Å²) < 4.78 is 5.56. The van der Waals surface area contributed by atoms with Gasteiger partial charge in [0.15, 0.2) is 28.9 Å². The molecule has 500 valence electrons. The largest absolute Gasteiger partial charge is 0.481 e. The molecule has 0 saturated carbocycles. The van der Waals surface area contributed by atoms with Crippen molar-refractivity contribution in [3.8, 4) is 0 Å². The zero-order valence-corrected chi connectivity index (χ0v) is 52.2. The highest BCUT2D eigenvalue weighted by Gasteiger charge is 2.38. The predicted molar refractivity (Wildman–Crippen MR) is 315 cm³/mol. The number of ketones is 5. The summed E-state index contributed by atoms with van der Waals surface area (Å²) >= 11 is 1.32. The van der Waals surface area contributed by atoms with Crippen LogP contribution in [0.25, 0.3) is 0 Å². The molecule has 0 unspecified atom stereocenters. The third kappa shape index (κ3) is 32.9. The molecule has 31 heteroatoms. The highest BCUT2D eigenvalue weighted by molar-refractivity contribution is 7.98. The molecule has 0 aromatic carbocycles. The molecule has 89 heavy (non-hydrogen) atoms. The topological polar surface area (TPSA) is 476 Å². The quantitative estimate of drug-likeness (QED) is 0.0374. The van der Waals surface area contributed by atoms with Crippen molar-refractivity contribution in [3.05, 3.63) is 0 Å². The Kier molecular flexibility index (Phi) is 37.7. The summed E-state index contributed by atoms with van der Waals surface area (Å²) in [6, 6.07) is -7.58. The van der Waals surface area contributed by atoms with Crippen LogP contribution in [0.5, 0.6) is 0 Å². The van der Waals surface area contributed by atoms with E-state index >= 15 is 0 Å². The number of thioether (sulfide) groups is 1. The Bertz CT molecular complexity index is 2530. The lowest BCUT2D eigenvalue weighted by Crippen LogP contribution is -2.52. The van der Waals surface area contributed by atoms with Crippen LogP contribution in [-0.2, 0) is 86.2 Å². The van der Waals surface area contributed by atoms with E-state index in [1.54, 1.807) is 20.1 Å². The van der Waals surface area contributed by atoms with Gasteiger partial charge in [0.25, 0.3) is 0 Å². The molecule has 0 aromatic rings. The van der Waals surface area contributed by atoms with Crippen LogP contribution in [0.15, 0.2) is 0 Å². The van der Waals surface area contributed by atoms with Gasteiger partial charge in [0.05, 0.1) is 30.2 Å². The van der Waals surface area contributed by atoms with Gasteiger partial charge in [-0.2, -0.15) is 11.8 Å². The van der Waals surface area contributed by atoms with E-state index in [0.717, 1.165) is 6.92 Å². The Morgan fingerprint density at radius 3 is 1.45 bits per heavy atom. The molecular formula is C58H89N7O23S. The van der Waals surface area contributed by atoms with Crippen LogP contribution < -0.4 is 31.9 Å². The summed E-state index contributed by atoms with van der Waals surface area (Å²) in [4.78, 5) is 218. The van der Waals surface area contributed by atoms with Gasteiger partial charge >= 0.3 is 29.8 Å². The Balaban J connectivity index is 3.14. The first-order valence-corrected chi connectivity index (χ1v) is 31.0. The van der Waals surface area contributed by atoms with Crippen LogP contribution in [0, 0.1) is 23.7 Å². The summed E-state index contributed by atoms with van der Waals surface area (Å²) in [6.07, 6.45) is -6.10. The predicted octanol–water partition coefficient (Wildman–Crippen LogP) is 0.752. The monoisotopic (exact) mass is 1280 g/mol. The third-order valence-electron chi connectivity index (χ3n) is 14.4. The molecule has 9 atom stereocenters. The van der Waals surface area contributed by atoms with Crippen LogP contribution in [0.2, 0.25) is 0 Å². The van der Waals surface area contributed by atoms with E-state index in [4.69, 9.17) is 9.84 Å². The first-order chi connectivity index (χ1) is 41.8. The SMILES string of the molecule is CCNC(=O)[C@H](C)CC(=O)[C@H](CSC)NC(=O)CCC(=O)[C@H](CC(C)C)NC(=O)[C@@H]1CCCN1C(=O)COCCCC(=O)[C@@H](CCC(=O)O)NC(=O)[C@@H](CCC(=O)O)CC(=O)[C@@H](CCC(=O)O)NC(=O)[C@@H](CCC(=O)O)CC(=O)[C@@H](CCC(=O)O)NC(C)=O. The molecule has 0 bridgehead atoms. The van der Waals surface area contributed by atoms with Gasteiger partial charge in [-0.3, -0.25) is 81.5 Å². The number of ether oxygens (including phenoxy) is 1. The molecule has 1 heterocycles. The molecule has 1 rings (SSSR count). The summed E-state index contributed by atoms with van der Waals surface area (Å²) in [5.41, 5.74) is 0. The van der Waals surface area contributed by atoms with E-state index in [9.17, 15) is 102 Å². The Hall–Kier alpha value is -7.70. The number of likely N-dealkylation sites (tertiary alicyclic amines) is 1. The Morgan fingerprint density at radius 2 is 0.989 bits per heavy atom. The maximum Gasteiger partial charge on any atom is 0.303 e. The number of carboxylic acids is 5. The van der Waals surface area contributed by atoms with E-state index < -0.39 is 226 Å².